The highest BCUT2D eigenvalue weighted by Gasteiger charge is 2.25. The van der Waals surface area contributed by atoms with Crippen LogP contribution in [0.25, 0.3) is 11.0 Å². The first kappa shape index (κ1) is 21.5. The van der Waals surface area contributed by atoms with Crippen molar-refractivity contribution in [2.24, 2.45) is 0 Å². The fourth-order valence-corrected chi connectivity index (χ4v) is 3.67. The summed E-state index contributed by atoms with van der Waals surface area (Å²) < 4.78 is 10.9. The maximum absolute atomic E-state index is 13.0. The summed E-state index contributed by atoms with van der Waals surface area (Å²) >= 11 is 0. The molecule has 2 amide bonds. The SMILES string of the molecule is COc1ccccc1OCC(=O)N1CCN(C(=O)c2ccc3nc(C)c(C)nc3c2)CC1. The quantitative estimate of drug-likeness (QED) is 0.614. The molecule has 1 aromatic heterocycles. The Hall–Kier alpha value is -3.68. The second kappa shape index (κ2) is 9.21. The monoisotopic (exact) mass is 434 g/mol. The molecular weight excluding hydrogens is 408 g/mol. The number of fused-ring (bicyclic) bond motifs is 1. The molecule has 3 aromatic rings. The van der Waals surface area contributed by atoms with Gasteiger partial charge in [0.1, 0.15) is 0 Å². The summed E-state index contributed by atoms with van der Waals surface area (Å²) in [6.07, 6.45) is 0. The number of hydrogen-bond acceptors (Lipinski definition) is 6. The van der Waals surface area contributed by atoms with Crippen LogP contribution in [0, 0.1) is 13.8 Å². The molecule has 0 saturated carbocycles. The summed E-state index contributed by atoms with van der Waals surface area (Å²) in [5.74, 6) is 0.933. The first-order valence-electron chi connectivity index (χ1n) is 10.5. The first-order valence-corrected chi connectivity index (χ1v) is 10.5. The molecule has 0 aliphatic carbocycles. The first-order chi connectivity index (χ1) is 15.5. The lowest BCUT2D eigenvalue weighted by atomic mass is 10.1. The molecule has 0 unspecified atom stereocenters. The van der Waals surface area contributed by atoms with Crippen LogP contribution in [0.15, 0.2) is 42.5 Å². The summed E-state index contributed by atoms with van der Waals surface area (Å²) in [7, 11) is 1.56. The van der Waals surface area contributed by atoms with Gasteiger partial charge in [0.2, 0.25) is 0 Å². The Labute approximate surface area is 186 Å². The van der Waals surface area contributed by atoms with Crippen molar-refractivity contribution in [3.63, 3.8) is 0 Å². The Balaban J connectivity index is 1.35. The van der Waals surface area contributed by atoms with Crippen LogP contribution in [0.5, 0.6) is 11.5 Å². The van der Waals surface area contributed by atoms with E-state index < -0.39 is 0 Å². The van der Waals surface area contributed by atoms with E-state index in [2.05, 4.69) is 9.97 Å². The molecule has 0 N–H and O–H groups in total. The second-order valence-corrected chi connectivity index (χ2v) is 7.71. The number of para-hydroxylation sites is 2. The zero-order chi connectivity index (χ0) is 22.7. The third kappa shape index (κ3) is 4.49. The fourth-order valence-electron chi connectivity index (χ4n) is 3.67. The summed E-state index contributed by atoms with van der Waals surface area (Å²) in [5.41, 5.74) is 3.79. The van der Waals surface area contributed by atoms with Crippen LogP contribution in [0.3, 0.4) is 0 Å². The highest BCUT2D eigenvalue weighted by molar-refractivity contribution is 5.97. The van der Waals surface area contributed by atoms with Crippen LogP contribution in [-0.4, -0.2) is 71.5 Å². The lowest BCUT2D eigenvalue weighted by molar-refractivity contribution is -0.134. The number of carbonyl (C=O) groups is 2. The number of aromatic nitrogens is 2. The highest BCUT2D eigenvalue weighted by Crippen LogP contribution is 2.25. The molecule has 2 aromatic carbocycles. The van der Waals surface area contributed by atoms with Crippen molar-refractivity contribution in [2.75, 3.05) is 39.9 Å². The third-order valence-electron chi connectivity index (χ3n) is 5.66. The maximum atomic E-state index is 13.0. The van der Waals surface area contributed by atoms with E-state index in [9.17, 15) is 9.59 Å². The summed E-state index contributed by atoms with van der Waals surface area (Å²) in [6, 6.07) is 12.6. The van der Waals surface area contributed by atoms with Gasteiger partial charge in [-0.2, -0.15) is 0 Å². The molecule has 4 rings (SSSR count). The van der Waals surface area contributed by atoms with Crippen molar-refractivity contribution in [3.8, 4) is 11.5 Å². The summed E-state index contributed by atoms with van der Waals surface area (Å²) in [6.45, 7) is 5.62. The van der Waals surface area contributed by atoms with E-state index in [1.165, 1.54) is 0 Å². The third-order valence-corrected chi connectivity index (χ3v) is 5.66. The Bertz CT molecular complexity index is 1160. The van der Waals surface area contributed by atoms with Crippen molar-refractivity contribution in [1.82, 2.24) is 19.8 Å². The van der Waals surface area contributed by atoms with Crippen LogP contribution in [0.1, 0.15) is 21.7 Å². The Kier molecular flexibility index (Phi) is 6.20. The molecular formula is C24H26N4O4. The van der Waals surface area contributed by atoms with Crippen LogP contribution in [0.4, 0.5) is 0 Å². The number of carbonyl (C=O) groups excluding carboxylic acids is 2. The molecule has 8 heteroatoms. The summed E-state index contributed by atoms with van der Waals surface area (Å²) in [4.78, 5) is 38.1. The van der Waals surface area contributed by atoms with Gasteiger partial charge in [0.15, 0.2) is 18.1 Å². The minimum Gasteiger partial charge on any atom is -0.493 e. The van der Waals surface area contributed by atoms with Gasteiger partial charge in [-0.25, -0.2) is 9.97 Å². The van der Waals surface area contributed by atoms with Crippen molar-refractivity contribution >= 4 is 22.8 Å². The van der Waals surface area contributed by atoms with Gasteiger partial charge < -0.3 is 19.3 Å². The number of aryl methyl sites for hydroxylation is 2. The van der Waals surface area contributed by atoms with Crippen molar-refractivity contribution in [3.05, 3.63) is 59.4 Å². The molecule has 0 spiro atoms. The van der Waals surface area contributed by atoms with Gasteiger partial charge in [0.05, 0.1) is 29.5 Å². The van der Waals surface area contributed by atoms with Crippen LogP contribution < -0.4 is 9.47 Å². The normalized spacial score (nSPS) is 13.8. The molecule has 166 valence electrons. The van der Waals surface area contributed by atoms with Gasteiger partial charge in [-0.05, 0) is 44.2 Å². The zero-order valence-electron chi connectivity index (χ0n) is 18.5. The maximum Gasteiger partial charge on any atom is 0.260 e. The number of amides is 2. The van der Waals surface area contributed by atoms with Crippen LogP contribution in [-0.2, 0) is 4.79 Å². The van der Waals surface area contributed by atoms with E-state index in [1.54, 1.807) is 41.2 Å². The Morgan fingerprint density at radius 1 is 0.875 bits per heavy atom. The average molecular weight is 434 g/mol. The standard InChI is InChI=1S/C24H26N4O4/c1-16-17(2)26-20-14-18(8-9-19(20)25-16)24(30)28-12-10-27(11-13-28)23(29)15-32-22-7-5-4-6-21(22)31-3/h4-9,14H,10-13,15H2,1-3H3. The molecule has 1 saturated heterocycles. The molecule has 1 fully saturated rings. The smallest absolute Gasteiger partial charge is 0.260 e. The zero-order valence-corrected chi connectivity index (χ0v) is 18.5. The number of methoxy groups -OCH3 is 1. The predicted octanol–water partition coefficient (Wildman–Crippen LogP) is 2.62. The van der Waals surface area contributed by atoms with Gasteiger partial charge in [-0.15, -0.1) is 0 Å². The summed E-state index contributed by atoms with van der Waals surface area (Å²) in [5, 5.41) is 0. The second-order valence-electron chi connectivity index (χ2n) is 7.71. The molecule has 32 heavy (non-hydrogen) atoms. The molecule has 0 atom stereocenters. The Morgan fingerprint density at radius 2 is 1.50 bits per heavy atom. The minimum absolute atomic E-state index is 0.0655. The lowest BCUT2D eigenvalue weighted by Crippen LogP contribution is -2.51. The molecule has 0 bridgehead atoms. The number of benzene rings is 2. The minimum atomic E-state index is -0.116. The molecule has 8 nitrogen and oxygen atoms in total. The highest BCUT2D eigenvalue weighted by atomic mass is 16.5. The van der Waals surface area contributed by atoms with E-state index >= 15 is 0 Å². The number of rotatable bonds is 5. The van der Waals surface area contributed by atoms with Gasteiger partial charge >= 0.3 is 0 Å². The number of piperazine rings is 1. The number of hydrogen-bond donors (Lipinski definition) is 0. The van der Waals surface area contributed by atoms with Gasteiger partial charge in [-0.1, -0.05) is 12.1 Å². The van der Waals surface area contributed by atoms with E-state index in [0.29, 0.717) is 48.8 Å². The average Bonchev–Trinajstić information content (AvgIpc) is 2.82. The Morgan fingerprint density at radius 3 is 2.19 bits per heavy atom. The van der Waals surface area contributed by atoms with E-state index in [0.717, 1.165) is 16.9 Å². The van der Waals surface area contributed by atoms with Crippen molar-refractivity contribution < 1.29 is 19.1 Å². The van der Waals surface area contributed by atoms with Crippen molar-refractivity contribution in [2.45, 2.75) is 13.8 Å². The number of nitrogens with zero attached hydrogens (tertiary/aromatic N) is 4. The molecule has 0 radical (unpaired) electrons. The lowest BCUT2D eigenvalue weighted by Gasteiger charge is -2.34. The molecule has 1 aliphatic rings. The number of ether oxygens (including phenoxy) is 2. The van der Waals surface area contributed by atoms with E-state index in [4.69, 9.17) is 9.47 Å². The molecule has 1 aliphatic heterocycles. The van der Waals surface area contributed by atoms with Crippen LogP contribution in [0.2, 0.25) is 0 Å². The van der Waals surface area contributed by atoms with E-state index in [-0.39, 0.29) is 18.4 Å². The molecule has 2 heterocycles. The van der Waals surface area contributed by atoms with Crippen molar-refractivity contribution in [1.29, 1.82) is 0 Å². The topological polar surface area (TPSA) is 84.9 Å². The predicted molar refractivity (Wildman–Crippen MR) is 120 cm³/mol. The largest absolute Gasteiger partial charge is 0.493 e. The van der Waals surface area contributed by atoms with E-state index in [1.807, 2.05) is 32.0 Å². The van der Waals surface area contributed by atoms with Gasteiger partial charge in [0.25, 0.3) is 11.8 Å². The van der Waals surface area contributed by atoms with Crippen LogP contribution >= 0.6 is 0 Å². The fraction of sp³-hybridized carbons (Fsp3) is 0.333. The van der Waals surface area contributed by atoms with Gasteiger partial charge in [0, 0.05) is 31.7 Å². The van der Waals surface area contributed by atoms with Gasteiger partial charge in [-0.3, -0.25) is 9.59 Å².